The van der Waals surface area contributed by atoms with Gasteiger partial charge in [0.05, 0.1) is 5.56 Å². The summed E-state index contributed by atoms with van der Waals surface area (Å²) in [6.45, 7) is 6.18. The molecule has 0 bridgehead atoms. The number of halogens is 1. The Morgan fingerprint density at radius 3 is 2.38 bits per heavy atom. The molecule has 2 heterocycles. The van der Waals surface area contributed by atoms with Crippen LogP contribution in [0, 0.1) is 5.82 Å². The van der Waals surface area contributed by atoms with Gasteiger partial charge in [0.1, 0.15) is 11.6 Å². The molecule has 1 aromatic heterocycles. The quantitative estimate of drug-likeness (QED) is 0.808. The molecule has 5 nitrogen and oxygen atoms in total. The first-order valence-corrected chi connectivity index (χ1v) is 9.17. The fourth-order valence-electron chi connectivity index (χ4n) is 3.03. The van der Waals surface area contributed by atoms with Crippen LogP contribution < -0.4 is 15.1 Å². The van der Waals surface area contributed by atoms with Gasteiger partial charge >= 0.3 is 0 Å². The van der Waals surface area contributed by atoms with Crippen molar-refractivity contribution in [3.8, 4) is 0 Å². The number of aromatic nitrogens is 1. The summed E-state index contributed by atoms with van der Waals surface area (Å²) in [5.74, 6) is 0.600. The first-order valence-electron chi connectivity index (χ1n) is 9.17. The van der Waals surface area contributed by atoms with E-state index in [9.17, 15) is 9.18 Å². The standard InChI is InChI=1S/C20H25FN4O/c1-2-3-10-22-20(26)16-4-9-19(23-15-16)25-13-11-24(12-14-25)18-7-5-17(21)6-8-18/h4-9,15H,2-3,10-14H2,1H3,(H,22,26). The minimum atomic E-state index is -0.213. The van der Waals surface area contributed by atoms with Gasteiger partial charge in [-0.2, -0.15) is 0 Å². The van der Waals surface area contributed by atoms with Gasteiger partial charge in [0, 0.05) is 44.6 Å². The molecular formula is C20H25FN4O. The number of rotatable bonds is 6. The van der Waals surface area contributed by atoms with Crippen molar-refractivity contribution in [1.29, 1.82) is 0 Å². The summed E-state index contributed by atoms with van der Waals surface area (Å²) in [7, 11) is 0. The Balaban J connectivity index is 1.54. The highest BCUT2D eigenvalue weighted by Crippen LogP contribution is 2.19. The number of piperazine rings is 1. The van der Waals surface area contributed by atoms with Crippen molar-refractivity contribution in [1.82, 2.24) is 10.3 Å². The van der Waals surface area contributed by atoms with Crippen LogP contribution in [0.2, 0.25) is 0 Å². The van der Waals surface area contributed by atoms with Gasteiger partial charge in [-0.1, -0.05) is 13.3 Å². The fraction of sp³-hybridized carbons (Fsp3) is 0.400. The fourth-order valence-corrected chi connectivity index (χ4v) is 3.03. The highest BCUT2D eigenvalue weighted by atomic mass is 19.1. The molecule has 6 heteroatoms. The zero-order chi connectivity index (χ0) is 18.4. The van der Waals surface area contributed by atoms with E-state index in [4.69, 9.17) is 0 Å². The molecule has 3 rings (SSSR count). The van der Waals surface area contributed by atoms with Crippen molar-refractivity contribution >= 4 is 17.4 Å². The van der Waals surface area contributed by atoms with E-state index in [-0.39, 0.29) is 11.7 Å². The Morgan fingerprint density at radius 2 is 1.77 bits per heavy atom. The Kier molecular flexibility index (Phi) is 6.04. The topological polar surface area (TPSA) is 48.5 Å². The summed E-state index contributed by atoms with van der Waals surface area (Å²) >= 11 is 0. The van der Waals surface area contributed by atoms with Gasteiger partial charge in [-0.3, -0.25) is 4.79 Å². The number of benzene rings is 1. The lowest BCUT2D eigenvalue weighted by atomic mass is 10.2. The molecule has 0 radical (unpaired) electrons. The van der Waals surface area contributed by atoms with Gasteiger partial charge < -0.3 is 15.1 Å². The van der Waals surface area contributed by atoms with E-state index in [0.29, 0.717) is 12.1 Å². The average molecular weight is 356 g/mol. The van der Waals surface area contributed by atoms with Crippen molar-refractivity contribution in [3.63, 3.8) is 0 Å². The van der Waals surface area contributed by atoms with E-state index in [1.54, 1.807) is 6.20 Å². The number of unbranched alkanes of at least 4 members (excludes halogenated alkanes) is 1. The van der Waals surface area contributed by atoms with Crippen molar-refractivity contribution < 1.29 is 9.18 Å². The van der Waals surface area contributed by atoms with E-state index >= 15 is 0 Å². The molecule has 0 aliphatic carbocycles. The summed E-state index contributed by atoms with van der Waals surface area (Å²) in [5.41, 5.74) is 1.63. The number of amides is 1. The predicted octanol–water partition coefficient (Wildman–Crippen LogP) is 3.08. The predicted molar refractivity (Wildman–Crippen MR) is 102 cm³/mol. The summed E-state index contributed by atoms with van der Waals surface area (Å²) in [6, 6.07) is 10.4. The molecule has 1 saturated heterocycles. The van der Waals surface area contributed by atoms with Crippen LogP contribution in [0.3, 0.4) is 0 Å². The lowest BCUT2D eigenvalue weighted by Gasteiger charge is -2.36. The van der Waals surface area contributed by atoms with Gasteiger partial charge in [-0.25, -0.2) is 9.37 Å². The lowest BCUT2D eigenvalue weighted by Crippen LogP contribution is -2.46. The van der Waals surface area contributed by atoms with Gasteiger partial charge in [-0.15, -0.1) is 0 Å². The summed E-state index contributed by atoms with van der Waals surface area (Å²) < 4.78 is 13.0. The Bertz CT molecular complexity index is 710. The van der Waals surface area contributed by atoms with Gasteiger partial charge in [0.15, 0.2) is 0 Å². The molecule has 26 heavy (non-hydrogen) atoms. The summed E-state index contributed by atoms with van der Waals surface area (Å²) in [4.78, 5) is 20.9. The molecule has 1 fully saturated rings. The van der Waals surface area contributed by atoms with Crippen LogP contribution in [0.4, 0.5) is 15.9 Å². The molecule has 0 saturated carbocycles. The third-order valence-electron chi connectivity index (χ3n) is 4.62. The Hall–Kier alpha value is -2.63. The molecule has 0 atom stereocenters. The van der Waals surface area contributed by atoms with Crippen LogP contribution in [0.5, 0.6) is 0 Å². The summed E-state index contributed by atoms with van der Waals surface area (Å²) in [6.07, 6.45) is 3.68. The molecule has 1 aliphatic rings. The molecule has 1 amide bonds. The lowest BCUT2D eigenvalue weighted by molar-refractivity contribution is 0.0953. The zero-order valence-electron chi connectivity index (χ0n) is 15.1. The first-order chi connectivity index (χ1) is 12.7. The van der Waals surface area contributed by atoms with Crippen LogP contribution in [0.15, 0.2) is 42.6 Å². The van der Waals surface area contributed by atoms with Crippen molar-refractivity contribution in [3.05, 3.63) is 54.0 Å². The maximum atomic E-state index is 13.0. The first kappa shape index (κ1) is 18.2. The Morgan fingerprint density at radius 1 is 1.08 bits per heavy atom. The van der Waals surface area contributed by atoms with Crippen LogP contribution >= 0.6 is 0 Å². The number of pyridine rings is 1. The minimum absolute atomic E-state index is 0.0707. The van der Waals surface area contributed by atoms with E-state index < -0.39 is 0 Å². The van der Waals surface area contributed by atoms with Gasteiger partial charge in [0.25, 0.3) is 5.91 Å². The van der Waals surface area contributed by atoms with E-state index in [2.05, 4.69) is 27.0 Å². The maximum absolute atomic E-state index is 13.0. The number of hydrogen-bond acceptors (Lipinski definition) is 4. The maximum Gasteiger partial charge on any atom is 0.252 e. The molecule has 2 aromatic rings. The van der Waals surface area contributed by atoms with Gasteiger partial charge in [-0.05, 0) is 42.8 Å². The molecular weight excluding hydrogens is 331 g/mol. The third-order valence-corrected chi connectivity index (χ3v) is 4.62. The van der Waals surface area contributed by atoms with E-state index in [1.807, 2.05) is 24.3 Å². The van der Waals surface area contributed by atoms with Crippen LogP contribution in [-0.2, 0) is 0 Å². The van der Waals surface area contributed by atoms with Crippen molar-refractivity contribution in [2.45, 2.75) is 19.8 Å². The number of hydrogen-bond donors (Lipinski definition) is 1. The SMILES string of the molecule is CCCCNC(=O)c1ccc(N2CCN(c3ccc(F)cc3)CC2)nc1. The molecule has 1 aliphatic heterocycles. The largest absolute Gasteiger partial charge is 0.368 e. The van der Waals surface area contributed by atoms with Crippen LogP contribution in [0.25, 0.3) is 0 Å². The highest BCUT2D eigenvalue weighted by molar-refractivity contribution is 5.94. The molecule has 1 N–H and O–H groups in total. The zero-order valence-corrected chi connectivity index (χ0v) is 15.1. The molecule has 0 unspecified atom stereocenters. The molecule has 0 spiro atoms. The van der Waals surface area contributed by atoms with Crippen LogP contribution in [-0.4, -0.2) is 43.6 Å². The smallest absolute Gasteiger partial charge is 0.252 e. The average Bonchev–Trinajstić information content (AvgIpc) is 2.69. The number of nitrogens with one attached hydrogen (secondary N) is 1. The van der Waals surface area contributed by atoms with Crippen molar-refractivity contribution in [2.24, 2.45) is 0 Å². The molecule has 138 valence electrons. The normalized spacial score (nSPS) is 14.4. The van der Waals surface area contributed by atoms with Gasteiger partial charge in [0.2, 0.25) is 0 Å². The van der Waals surface area contributed by atoms with Crippen LogP contribution in [0.1, 0.15) is 30.1 Å². The summed E-state index contributed by atoms with van der Waals surface area (Å²) in [5, 5.41) is 2.90. The number of carbonyl (C=O) groups excluding carboxylic acids is 1. The van der Waals surface area contributed by atoms with E-state index in [0.717, 1.165) is 50.5 Å². The highest BCUT2D eigenvalue weighted by Gasteiger charge is 2.18. The number of nitrogens with zero attached hydrogens (tertiary/aromatic N) is 3. The van der Waals surface area contributed by atoms with Crippen molar-refractivity contribution in [2.75, 3.05) is 42.5 Å². The second kappa shape index (κ2) is 8.65. The van der Waals surface area contributed by atoms with E-state index in [1.165, 1.54) is 12.1 Å². The molecule has 1 aromatic carbocycles. The minimum Gasteiger partial charge on any atom is -0.368 e. The number of carbonyl (C=O) groups is 1. The Labute approximate surface area is 153 Å². The third kappa shape index (κ3) is 4.50. The number of anilines is 2. The monoisotopic (exact) mass is 356 g/mol. The second-order valence-corrected chi connectivity index (χ2v) is 6.47. The second-order valence-electron chi connectivity index (χ2n) is 6.47.